The summed E-state index contributed by atoms with van der Waals surface area (Å²) in [6.07, 6.45) is 1.66. The summed E-state index contributed by atoms with van der Waals surface area (Å²) < 4.78 is 0. The maximum atomic E-state index is 12.3. The van der Waals surface area contributed by atoms with Gasteiger partial charge in [0, 0.05) is 19.0 Å². The molecule has 3 aromatic rings. The van der Waals surface area contributed by atoms with E-state index in [-0.39, 0.29) is 5.92 Å². The summed E-state index contributed by atoms with van der Waals surface area (Å²) in [4.78, 5) is 24.4. The second-order valence-corrected chi connectivity index (χ2v) is 6.93. The highest BCUT2D eigenvalue weighted by Crippen LogP contribution is 2.23. The molecule has 0 aromatic heterocycles. The molecule has 0 saturated heterocycles. The van der Waals surface area contributed by atoms with E-state index < -0.39 is 11.8 Å². The molecule has 0 aliphatic rings. The second kappa shape index (κ2) is 10.8. The van der Waals surface area contributed by atoms with Crippen LogP contribution in [0.1, 0.15) is 29.0 Å². The van der Waals surface area contributed by atoms with Crippen molar-refractivity contribution in [2.24, 2.45) is 0 Å². The third-order valence-corrected chi connectivity index (χ3v) is 4.85. The number of aryl methyl sites for hydroxylation is 1. The molecule has 2 amide bonds. The first kappa shape index (κ1) is 20.3. The average Bonchev–Trinajstić information content (AvgIpc) is 2.79. The van der Waals surface area contributed by atoms with E-state index in [0.717, 1.165) is 24.0 Å². The molecule has 0 aliphatic carbocycles. The number of nitrogens with one attached hydrogen (secondary N) is 2. The molecule has 0 radical (unpaired) electrons. The van der Waals surface area contributed by atoms with Gasteiger partial charge in [0.1, 0.15) is 0 Å². The van der Waals surface area contributed by atoms with Gasteiger partial charge in [-0.25, -0.2) is 0 Å². The minimum atomic E-state index is -0.596. The Bertz CT molecular complexity index is 856. The van der Waals surface area contributed by atoms with E-state index >= 15 is 0 Å². The van der Waals surface area contributed by atoms with Gasteiger partial charge in [-0.3, -0.25) is 9.59 Å². The Labute approximate surface area is 172 Å². The van der Waals surface area contributed by atoms with Crippen LogP contribution in [-0.2, 0) is 16.0 Å². The molecule has 0 saturated carbocycles. The van der Waals surface area contributed by atoms with Crippen LogP contribution in [0.4, 0.5) is 0 Å². The summed E-state index contributed by atoms with van der Waals surface area (Å²) in [5.41, 5.74) is 3.42. The minimum Gasteiger partial charge on any atom is -0.348 e. The topological polar surface area (TPSA) is 58.2 Å². The third kappa shape index (κ3) is 6.32. The molecule has 0 fully saturated rings. The lowest BCUT2D eigenvalue weighted by molar-refractivity contribution is -0.139. The second-order valence-electron chi connectivity index (χ2n) is 6.93. The van der Waals surface area contributed by atoms with Crippen LogP contribution in [0.5, 0.6) is 0 Å². The average molecular weight is 386 g/mol. The van der Waals surface area contributed by atoms with Crippen molar-refractivity contribution >= 4 is 11.8 Å². The summed E-state index contributed by atoms with van der Waals surface area (Å²) in [6, 6.07) is 30.1. The number of amides is 2. The van der Waals surface area contributed by atoms with E-state index in [1.54, 1.807) is 0 Å². The van der Waals surface area contributed by atoms with Crippen LogP contribution < -0.4 is 10.6 Å². The van der Waals surface area contributed by atoms with Crippen molar-refractivity contribution in [1.29, 1.82) is 0 Å². The monoisotopic (exact) mass is 386 g/mol. The van der Waals surface area contributed by atoms with E-state index in [1.165, 1.54) is 5.56 Å². The molecule has 0 spiro atoms. The zero-order valence-corrected chi connectivity index (χ0v) is 16.4. The standard InChI is InChI=1S/C25H26N2O2/c28-24(26-18-10-13-20-11-4-1-5-12-20)25(29)27-19-23(21-14-6-2-7-15-21)22-16-8-3-9-17-22/h1-9,11-12,14-17,23H,10,13,18-19H2,(H,26,28)(H,27,29). The maximum Gasteiger partial charge on any atom is 0.309 e. The Balaban J connectivity index is 1.50. The fourth-order valence-electron chi connectivity index (χ4n) is 3.29. The summed E-state index contributed by atoms with van der Waals surface area (Å²) >= 11 is 0. The van der Waals surface area contributed by atoms with Gasteiger partial charge in [-0.2, -0.15) is 0 Å². The zero-order valence-electron chi connectivity index (χ0n) is 16.4. The first-order chi connectivity index (χ1) is 14.2. The molecule has 0 atom stereocenters. The van der Waals surface area contributed by atoms with Crippen molar-refractivity contribution in [3.05, 3.63) is 108 Å². The van der Waals surface area contributed by atoms with E-state index in [2.05, 4.69) is 22.8 Å². The van der Waals surface area contributed by atoms with Gasteiger partial charge in [0.25, 0.3) is 0 Å². The predicted molar refractivity (Wildman–Crippen MR) is 116 cm³/mol. The predicted octanol–water partition coefficient (Wildman–Crippen LogP) is 3.68. The molecule has 2 N–H and O–H groups in total. The molecule has 0 unspecified atom stereocenters. The largest absolute Gasteiger partial charge is 0.348 e. The first-order valence-electron chi connectivity index (χ1n) is 9.94. The smallest absolute Gasteiger partial charge is 0.309 e. The molecule has 0 aliphatic heterocycles. The molecule has 3 rings (SSSR count). The Morgan fingerprint density at radius 3 is 1.69 bits per heavy atom. The fraction of sp³-hybridized carbons (Fsp3) is 0.200. The minimum absolute atomic E-state index is 0.00719. The summed E-state index contributed by atoms with van der Waals surface area (Å²) in [5.74, 6) is -1.19. The lowest BCUT2D eigenvalue weighted by Crippen LogP contribution is -2.41. The van der Waals surface area contributed by atoms with E-state index in [9.17, 15) is 9.59 Å². The van der Waals surface area contributed by atoms with E-state index in [0.29, 0.717) is 13.1 Å². The van der Waals surface area contributed by atoms with Crippen molar-refractivity contribution in [2.75, 3.05) is 13.1 Å². The van der Waals surface area contributed by atoms with Gasteiger partial charge in [-0.1, -0.05) is 91.0 Å². The van der Waals surface area contributed by atoms with Gasteiger partial charge in [-0.05, 0) is 29.5 Å². The van der Waals surface area contributed by atoms with Crippen LogP contribution >= 0.6 is 0 Å². The van der Waals surface area contributed by atoms with Gasteiger partial charge in [0.05, 0.1) is 0 Å². The van der Waals surface area contributed by atoms with Crippen molar-refractivity contribution in [2.45, 2.75) is 18.8 Å². The van der Waals surface area contributed by atoms with Crippen LogP contribution in [-0.4, -0.2) is 24.9 Å². The van der Waals surface area contributed by atoms with Gasteiger partial charge >= 0.3 is 11.8 Å². The summed E-state index contributed by atoms with van der Waals surface area (Å²) in [6.45, 7) is 0.840. The molecule has 4 heteroatoms. The number of benzene rings is 3. The van der Waals surface area contributed by atoms with Crippen LogP contribution in [0, 0.1) is 0 Å². The number of hydrogen-bond acceptors (Lipinski definition) is 2. The lowest BCUT2D eigenvalue weighted by atomic mass is 9.91. The van der Waals surface area contributed by atoms with Gasteiger partial charge in [0.2, 0.25) is 0 Å². The number of rotatable bonds is 8. The Morgan fingerprint density at radius 2 is 1.14 bits per heavy atom. The Kier molecular flexibility index (Phi) is 7.58. The van der Waals surface area contributed by atoms with Gasteiger partial charge in [-0.15, -0.1) is 0 Å². The highest BCUT2D eigenvalue weighted by molar-refractivity contribution is 6.35. The molecule has 0 bridgehead atoms. The number of carbonyl (C=O) groups is 2. The third-order valence-electron chi connectivity index (χ3n) is 4.85. The molecule has 148 valence electrons. The molecule has 0 heterocycles. The Morgan fingerprint density at radius 1 is 0.655 bits per heavy atom. The van der Waals surface area contributed by atoms with Crippen LogP contribution in [0.2, 0.25) is 0 Å². The number of hydrogen-bond donors (Lipinski definition) is 2. The summed E-state index contributed by atoms with van der Waals surface area (Å²) in [5, 5.41) is 5.49. The van der Waals surface area contributed by atoms with Crippen molar-refractivity contribution in [1.82, 2.24) is 10.6 Å². The quantitative estimate of drug-likeness (QED) is 0.458. The van der Waals surface area contributed by atoms with Crippen molar-refractivity contribution in [3.63, 3.8) is 0 Å². The zero-order chi connectivity index (χ0) is 20.3. The fourth-order valence-corrected chi connectivity index (χ4v) is 3.29. The SMILES string of the molecule is O=C(NCCCc1ccccc1)C(=O)NCC(c1ccccc1)c1ccccc1. The molecule has 4 nitrogen and oxygen atoms in total. The van der Waals surface area contributed by atoms with Crippen LogP contribution in [0.15, 0.2) is 91.0 Å². The first-order valence-corrected chi connectivity index (χ1v) is 9.94. The molecule has 29 heavy (non-hydrogen) atoms. The van der Waals surface area contributed by atoms with Gasteiger partial charge < -0.3 is 10.6 Å². The Hall–Kier alpha value is -3.40. The lowest BCUT2D eigenvalue weighted by Gasteiger charge is -2.18. The van der Waals surface area contributed by atoms with Gasteiger partial charge in [0.15, 0.2) is 0 Å². The highest BCUT2D eigenvalue weighted by atomic mass is 16.2. The maximum absolute atomic E-state index is 12.3. The highest BCUT2D eigenvalue weighted by Gasteiger charge is 2.18. The molecular weight excluding hydrogens is 360 g/mol. The number of carbonyl (C=O) groups excluding carboxylic acids is 2. The van der Waals surface area contributed by atoms with Crippen LogP contribution in [0.3, 0.4) is 0 Å². The van der Waals surface area contributed by atoms with Crippen molar-refractivity contribution < 1.29 is 9.59 Å². The molecule has 3 aromatic carbocycles. The van der Waals surface area contributed by atoms with E-state index in [4.69, 9.17) is 0 Å². The molecular formula is C25H26N2O2. The van der Waals surface area contributed by atoms with Crippen LogP contribution in [0.25, 0.3) is 0 Å². The van der Waals surface area contributed by atoms with E-state index in [1.807, 2.05) is 78.9 Å². The normalized spacial score (nSPS) is 10.5. The summed E-state index contributed by atoms with van der Waals surface area (Å²) in [7, 11) is 0. The van der Waals surface area contributed by atoms with Crippen molar-refractivity contribution in [3.8, 4) is 0 Å².